The molecule has 0 fully saturated rings. The van der Waals surface area contributed by atoms with Crippen LogP contribution in [0.4, 0.5) is 0 Å². The lowest BCUT2D eigenvalue weighted by Crippen LogP contribution is -2.36. The smallest absolute Gasteiger partial charge is 0.231 e. The van der Waals surface area contributed by atoms with Gasteiger partial charge < -0.3 is 11.1 Å². The van der Waals surface area contributed by atoms with Crippen molar-refractivity contribution >= 4 is 11.8 Å². The van der Waals surface area contributed by atoms with Crippen LogP contribution in [0.1, 0.15) is 6.92 Å². The number of likely N-dealkylation sites (N-methyl/N-ethyl adjacent to an activating group) is 1. The lowest BCUT2D eigenvalue weighted by molar-refractivity contribution is -0.119. The maximum Gasteiger partial charge on any atom is 0.231 e. The van der Waals surface area contributed by atoms with Crippen LogP contribution in [0.5, 0.6) is 0 Å². The Balaban J connectivity index is 3.37. The molecule has 0 unspecified atom stereocenters. The fraction of sp³-hybridized carbons (Fsp3) is 0.714. The molecule has 0 aliphatic carbocycles. The van der Waals surface area contributed by atoms with E-state index < -0.39 is 0 Å². The Morgan fingerprint density at radius 1 is 1.50 bits per heavy atom. The number of nitrogens with one attached hydrogen (secondary N) is 1. The third-order valence-corrected chi connectivity index (χ3v) is 1.29. The number of nitrogens with two attached hydrogens (primary N) is 1. The van der Waals surface area contributed by atoms with Gasteiger partial charge in [-0.05, 0) is 7.05 Å². The Labute approximate surface area is 71.9 Å². The molecule has 0 aliphatic heterocycles. The molecule has 0 radical (unpaired) electrons. The summed E-state index contributed by atoms with van der Waals surface area (Å²) in [6, 6.07) is 0. The van der Waals surface area contributed by atoms with Gasteiger partial charge in [0, 0.05) is 20.0 Å². The zero-order valence-corrected chi connectivity index (χ0v) is 7.46. The summed E-state index contributed by atoms with van der Waals surface area (Å²) in [7, 11) is 1.77. The Kier molecular flexibility index (Phi) is 5.03. The third kappa shape index (κ3) is 7.01. The SMILES string of the molecule is CC(=O)NCCN(C)CC(N)=O. The lowest BCUT2D eigenvalue weighted by Gasteiger charge is -2.13. The maximum atomic E-state index is 10.4. The summed E-state index contributed by atoms with van der Waals surface area (Å²) in [6.07, 6.45) is 0. The van der Waals surface area contributed by atoms with Crippen molar-refractivity contribution in [2.75, 3.05) is 26.7 Å². The van der Waals surface area contributed by atoms with Gasteiger partial charge in [0.15, 0.2) is 0 Å². The number of carbonyl (C=O) groups excluding carboxylic acids is 2. The molecular formula is C7H15N3O2. The Hall–Kier alpha value is -1.10. The molecule has 0 aliphatic rings. The van der Waals surface area contributed by atoms with Crippen LogP contribution in [0.25, 0.3) is 0 Å². The van der Waals surface area contributed by atoms with E-state index in [9.17, 15) is 9.59 Å². The second-order valence-electron chi connectivity index (χ2n) is 2.69. The topological polar surface area (TPSA) is 75.4 Å². The molecule has 70 valence electrons. The van der Waals surface area contributed by atoms with Gasteiger partial charge in [-0.3, -0.25) is 14.5 Å². The first kappa shape index (κ1) is 10.9. The summed E-state index contributed by atoms with van der Waals surface area (Å²) in [5.74, 6) is -0.428. The number of carbonyl (C=O) groups is 2. The van der Waals surface area contributed by atoms with Crippen molar-refractivity contribution < 1.29 is 9.59 Å². The van der Waals surface area contributed by atoms with Gasteiger partial charge in [0.1, 0.15) is 0 Å². The van der Waals surface area contributed by atoms with Gasteiger partial charge in [0.05, 0.1) is 6.54 Å². The molecule has 0 saturated carbocycles. The van der Waals surface area contributed by atoms with Gasteiger partial charge in [0.2, 0.25) is 11.8 Å². The van der Waals surface area contributed by atoms with E-state index in [-0.39, 0.29) is 18.4 Å². The summed E-state index contributed by atoms with van der Waals surface area (Å²) in [5.41, 5.74) is 4.96. The van der Waals surface area contributed by atoms with Crippen molar-refractivity contribution in [2.45, 2.75) is 6.92 Å². The Morgan fingerprint density at radius 2 is 2.08 bits per heavy atom. The van der Waals surface area contributed by atoms with E-state index in [0.29, 0.717) is 13.1 Å². The summed E-state index contributed by atoms with van der Waals surface area (Å²) in [6.45, 7) is 2.84. The zero-order valence-electron chi connectivity index (χ0n) is 7.46. The Morgan fingerprint density at radius 3 is 2.50 bits per heavy atom. The van der Waals surface area contributed by atoms with Crippen LogP contribution < -0.4 is 11.1 Å². The Bertz CT molecular complexity index is 170. The van der Waals surface area contributed by atoms with Crippen LogP contribution in [0, 0.1) is 0 Å². The molecule has 0 aromatic carbocycles. The van der Waals surface area contributed by atoms with Crippen molar-refractivity contribution in [3.63, 3.8) is 0 Å². The van der Waals surface area contributed by atoms with Gasteiger partial charge in [-0.25, -0.2) is 0 Å². The molecule has 0 aromatic heterocycles. The molecule has 0 rings (SSSR count). The second-order valence-corrected chi connectivity index (χ2v) is 2.69. The van der Waals surface area contributed by atoms with Crippen LogP contribution >= 0.6 is 0 Å². The van der Waals surface area contributed by atoms with Crippen LogP contribution in [0.2, 0.25) is 0 Å². The molecule has 0 atom stereocenters. The number of rotatable bonds is 5. The van der Waals surface area contributed by atoms with E-state index >= 15 is 0 Å². The highest BCUT2D eigenvalue weighted by molar-refractivity contribution is 5.75. The number of hydrogen-bond acceptors (Lipinski definition) is 3. The maximum absolute atomic E-state index is 10.4. The lowest BCUT2D eigenvalue weighted by atomic mass is 10.5. The minimum absolute atomic E-state index is 0.0672. The van der Waals surface area contributed by atoms with Crippen molar-refractivity contribution in [1.29, 1.82) is 0 Å². The van der Waals surface area contributed by atoms with Gasteiger partial charge in [0.25, 0.3) is 0 Å². The van der Waals surface area contributed by atoms with E-state index in [1.807, 2.05) is 0 Å². The van der Waals surface area contributed by atoms with Crippen LogP contribution in [-0.2, 0) is 9.59 Å². The molecule has 0 saturated heterocycles. The first-order chi connectivity index (χ1) is 5.52. The van der Waals surface area contributed by atoms with Crippen LogP contribution in [-0.4, -0.2) is 43.4 Å². The van der Waals surface area contributed by atoms with Crippen molar-refractivity contribution in [1.82, 2.24) is 10.2 Å². The highest BCUT2D eigenvalue weighted by Crippen LogP contribution is 1.78. The predicted molar refractivity (Wildman–Crippen MR) is 45.4 cm³/mol. The highest BCUT2D eigenvalue weighted by atomic mass is 16.1. The molecule has 12 heavy (non-hydrogen) atoms. The first-order valence-electron chi connectivity index (χ1n) is 3.73. The van der Waals surface area contributed by atoms with Gasteiger partial charge in [-0.15, -0.1) is 0 Å². The molecule has 2 amide bonds. The van der Waals surface area contributed by atoms with Crippen LogP contribution in [0.3, 0.4) is 0 Å². The summed E-state index contributed by atoms with van der Waals surface area (Å²) < 4.78 is 0. The fourth-order valence-corrected chi connectivity index (χ4v) is 0.768. The van der Waals surface area contributed by atoms with E-state index in [4.69, 9.17) is 5.73 Å². The predicted octanol–water partition coefficient (Wildman–Crippen LogP) is -1.46. The average molecular weight is 173 g/mol. The summed E-state index contributed by atoms with van der Waals surface area (Å²) >= 11 is 0. The number of amides is 2. The number of nitrogens with zero attached hydrogens (tertiary/aromatic N) is 1. The second kappa shape index (κ2) is 5.54. The molecular weight excluding hydrogens is 158 g/mol. The normalized spacial score (nSPS) is 9.92. The third-order valence-electron chi connectivity index (χ3n) is 1.29. The largest absolute Gasteiger partial charge is 0.369 e. The van der Waals surface area contributed by atoms with E-state index in [2.05, 4.69) is 5.32 Å². The van der Waals surface area contributed by atoms with Gasteiger partial charge >= 0.3 is 0 Å². The molecule has 5 heteroatoms. The van der Waals surface area contributed by atoms with E-state index in [1.54, 1.807) is 11.9 Å². The van der Waals surface area contributed by atoms with E-state index in [0.717, 1.165) is 0 Å². The van der Waals surface area contributed by atoms with E-state index in [1.165, 1.54) is 6.92 Å². The zero-order chi connectivity index (χ0) is 9.56. The summed E-state index contributed by atoms with van der Waals surface area (Å²) in [5, 5.41) is 2.62. The monoisotopic (exact) mass is 173 g/mol. The number of primary amides is 1. The molecule has 0 heterocycles. The minimum atomic E-state index is -0.361. The van der Waals surface area contributed by atoms with Crippen LogP contribution in [0.15, 0.2) is 0 Å². The first-order valence-corrected chi connectivity index (χ1v) is 3.73. The number of hydrogen-bond donors (Lipinski definition) is 2. The molecule has 0 bridgehead atoms. The minimum Gasteiger partial charge on any atom is -0.369 e. The quantitative estimate of drug-likeness (QED) is 0.533. The molecule has 0 aromatic rings. The average Bonchev–Trinajstić information content (AvgIpc) is 1.84. The fourth-order valence-electron chi connectivity index (χ4n) is 0.768. The van der Waals surface area contributed by atoms with Gasteiger partial charge in [-0.1, -0.05) is 0 Å². The molecule has 3 N–H and O–H groups in total. The standard InChI is InChI=1S/C7H15N3O2/c1-6(11)9-3-4-10(2)5-7(8)12/h3-5H2,1-2H3,(H2,8,12)(H,9,11). The van der Waals surface area contributed by atoms with Gasteiger partial charge in [-0.2, -0.15) is 0 Å². The molecule has 5 nitrogen and oxygen atoms in total. The van der Waals surface area contributed by atoms with Crippen molar-refractivity contribution in [3.8, 4) is 0 Å². The van der Waals surface area contributed by atoms with Crippen molar-refractivity contribution in [2.24, 2.45) is 5.73 Å². The van der Waals surface area contributed by atoms with Crippen molar-refractivity contribution in [3.05, 3.63) is 0 Å². The summed E-state index contributed by atoms with van der Waals surface area (Å²) in [4.78, 5) is 22.6. The molecule has 0 spiro atoms. The highest BCUT2D eigenvalue weighted by Gasteiger charge is 2.01.